The smallest absolute Gasteiger partial charge is 0.270 e. The van der Waals surface area contributed by atoms with E-state index in [0.29, 0.717) is 30.2 Å². The Hall–Kier alpha value is -2.56. The van der Waals surface area contributed by atoms with Crippen LogP contribution in [0.3, 0.4) is 0 Å². The number of amides is 1. The minimum absolute atomic E-state index is 0.0189. The van der Waals surface area contributed by atoms with Gasteiger partial charge in [0, 0.05) is 47.0 Å². The minimum atomic E-state index is -0.407. The summed E-state index contributed by atoms with van der Waals surface area (Å²) < 4.78 is 11.7. The molecule has 2 aliphatic heterocycles. The minimum Gasteiger partial charge on any atom is -0.467 e. The van der Waals surface area contributed by atoms with E-state index in [-0.39, 0.29) is 30.9 Å². The molecule has 1 unspecified atom stereocenters. The molecule has 0 radical (unpaired) electrons. The third-order valence-electron chi connectivity index (χ3n) is 5.23. The Labute approximate surface area is 181 Å². The van der Waals surface area contributed by atoms with E-state index in [1.54, 1.807) is 18.3 Å². The zero-order valence-corrected chi connectivity index (χ0v) is 17.8. The van der Waals surface area contributed by atoms with Crippen LogP contribution in [0.1, 0.15) is 24.0 Å². The molecule has 30 heavy (non-hydrogen) atoms. The topological polar surface area (TPSA) is 107 Å². The van der Waals surface area contributed by atoms with E-state index in [1.165, 1.54) is 6.07 Å². The molecule has 0 aliphatic carbocycles. The summed E-state index contributed by atoms with van der Waals surface area (Å²) in [5.41, 5.74) is 1.45. The van der Waals surface area contributed by atoms with E-state index in [0.717, 1.165) is 29.4 Å². The number of nitro groups is 1. The number of anilines is 1. The number of benzene rings is 1. The lowest BCUT2D eigenvalue weighted by molar-refractivity contribution is -0.385. The van der Waals surface area contributed by atoms with Crippen LogP contribution in [0.15, 0.2) is 34.9 Å². The number of carbonyl (C=O) groups excluding carboxylic acids is 1. The number of halogens is 1. The van der Waals surface area contributed by atoms with Crippen LogP contribution >= 0.6 is 15.9 Å². The fraction of sp³-hybridized carbons (Fsp3) is 0.400. The Bertz CT molecular complexity index is 953. The molecule has 158 valence electrons. The second-order valence-electron chi connectivity index (χ2n) is 7.39. The number of non-ortho nitro benzene ring substituents is 1. The first-order valence-electron chi connectivity index (χ1n) is 9.65. The van der Waals surface area contributed by atoms with Crippen molar-refractivity contribution in [3.63, 3.8) is 0 Å². The molecule has 10 heteroatoms. The van der Waals surface area contributed by atoms with Crippen molar-refractivity contribution in [3.8, 4) is 5.75 Å². The van der Waals surface area contributed by atoms with Crippen LogP contribution in [0.25, 0.3) is 0 Å². The van der Waals surface area contributed by atoms with Gasteiger partial charge in [-0.05, 0) is 47.4 Å². The number of aromatic nitrogens is 1. The highest BCUT2D eigenvalue weighted by molar-refractivity contribution is 9.10. The highest BCUT2D eigenvalue weighted by Gasteiger charge is 2.28. The van der Waals surface area contributed by atoms with Crippen LogP contribution in [-0.4, -0.2) is 40.6 Å². The van der Waals surface area contributed by atoms with E-state index in [2.05, 4.69) is 31.1 Å². The van der Waals surface area contributed by atoms with Crippen LogP contribution in [0, 0.1) is 16.0 Å². The number of piperidine rings is 1. The maximum Gasteiger partial charge on any atom is 0.270 e. The standard InChI is InChI=1S/C20H21BrN4O5/c21-16-3-4-18(22-8-16)23-20(26)13-2-1-5-24(9-13)10-14-6-17(25(27)28)7-15-11-29-12-30-19(14)15/h3-4,6-8,13H,1-2,5,9-12H2,(H,22,23,26). The Balaban J connectivity index is 1.46. The Morgan fingerprint density at radius 1 is 1.40 bits per heavy atom. The number of carbonyl (C=O) groups is 1. The fourth-order valence-corrected chi connectivity index (χ4v) is 4.07. The first kappa shape index (κ1) is 20.7. The molecule has 0 spiro atoms. The van der Waals surface area contributed by atoms with Crippen LogP contribution in [0.2, 0.25) is 0 Å². The Morgan fingerprint density at radius 2 is 2.27 bits per heavy atom. The number of nitrogens with one attached hydrogen (secondary N) is 1. The first-order valence-corrected chi connectivity index (χ1v) is 10.4. The number of fused-ring (bicyclic) bond motifs is 1. The molecule has 9 nitrogen and oxygen atoms in total. The summed E-state index contributed by atoms with van der Waals surface area (Å²) in [6.45, 7) is 2.27. The molecule has 0 saturated carbocycles. The van der Waals surface area contributed by atoms with Crippen molar-refractivity contribution < 1.29 is 19.2 Å². The average molecular weight is 477 g/mol. The summed E-state index contributed by atoms with van der Waals surface area (Å²) in [6.07, 6.45) is 3.29. The number of ether oxygens (including phenoxy) is 2. The molecular formula is C20H21BrN4O5. The molecule has 1 saturated heterocycles. The molecule has 1 aromatic carbocycles. The van der Waals surface area contributed by atoms with Crippen LogP contribution in [0.4, 0.5) is 11.5 Å². The van der Waals surface area contributed by atoms with E-state index >= 15 is 0 Å². The maximum absolute atomic E-state index is 12.7. The monoisotopic (exact) mass is 476 g/mol. The van der Waals surface area contributed by atoms with Gasteiger partial charge >= 0.3 is 0 Å². The Kier molecular flexibility index (Phi) is 6.26. The fourth-order valence-electron chi connectivity index (χ4n) is 3.84. The Morgan fingerprint density at radius 3 is 3.03 bits per heavy atom. The van der Waals surface area contributed by atoms with Gasteiger partial charge in [-0.25, -0.2) is 4.98 Å². The lowest BCUT2D eigenvalue weighted by atomic mass is 9.96. The lowest BCUT2D eigenvalue weighted by Crippen LogP contribution is -2.40. The third kappa shape index (κ3) is 4.77. The van der Waals surface area contributed by atoms with Gasteiger partial charge in [-0.15, -0.1) is 0 Å². The van der Waals surface area contributed by atoms with Crippen molar-refractivity contribution in [1.82, 2.24) is 9.88 Å². The van der Waals surface area contributed by atoms with Gasteiger partial charge in [0.1, 0.15) is 11.6 Å². The van der Waals surface area contributed by atoms with Gasteiger partial charge in [0.15, 0.2) is 6.79 Å². The molecule has 1 amide bonds. The first-order chi connectivity index (χ1) is 14.5. The molecule has 3 heterocycles. The van der Waals surface area contributed by atoms with E-state index in [1.807, 2.05) is 6.07 Å². The number of nitrogens with zero attached hydrogens (tertiary/aromatic N) is 3. The number of nitro benzene ring substituents is 1. The number of hydrogen-bond acceptors (Lipinski definition) is 7. The van der Waals surface area contributed by atoms with Crippen LogP contribution in [-0.2, 0) is 22.7 Å². The van der Waals surface area contributed by atoms with Crippen molar-refractivity contribution >= 4 is 33.3 Å². The van der Waals surface area contributed by atoms with Gasteiger partial charge in [0.2, 0.25) is 5.91 Å². The lowest BCUT2D eigenvalue weighted by Gasteiger charge is -2.32. The zero-order valence-electron chi connectivity index (χ0n) is 16.2. The highest BCUT2D eigenvalue weighted by Crippen LogP contribution is 2.34. The van der Waals surface area contributed by atoms with Crippen molar-refractivity contribution in [1.29, 1.82) is 0 Å². The highest BCUT2D eigenvalue weighted by atomic mass is 79.9. The third-order valence-corrected chi connectivity index (χ3v) is 5.70. The summed E-state index contributed by atoms with van der Waals surface area (Å²) in [7, 11) is 0. The van der Waals surface area contributed by atoms with Gasteiger partial charge < -0.3 is 14.8 Å². The van der Waals surface area contributed by atoms with Gasteiger partial charge in [0.05, 0.1) is 17.4 Å². The molecule has 1 N–H and O–H groups in total. The SMILES string of the molecule is O=C(Nc1ccc(Br)cn1)C1CCCN(Cc2cc([N+](=O)[O-])cc3c2OCOC3)C1. The molecule has 0 bridgehead atoms. The van der Waals surface area contributed by atoms with Crippen LogP contribution < -0.4 is 10.1 Å². The van der Waals surface area contributed by atoms with E-state index < -0.39 is 4.92 Å². The second kappa shape index (κ2) is 9.07. The van der Waals surface area contributed by atoms with Gasteiger partial charge in [-0.2, -0.15) is 0 Å². The molecular weight excluding hydrogens is 456 g/mol. The number of pyridine rings is 1. The summed E-state index contributed by atoms with van der Waals surface area (Å²) in [6, 6.07) is 6.62. The zero-order chi connectivity index (χ0) is 21.1. The normalized spacial score (nSPS) is 18.9. The van der Waals surface area contributed by atoms with E-state index in [9.17, 15) is 14.9 Å². The van der Waals surface area contributed by atoms with Gasteiger partial charge in [-0.3, -0.25) is 19.8 Å². The van der Waals surface area contributed by atoms with Crippen molar-refractivity contribution in [2.45, 2.75) is 26.0 Å². The molecule has 1 aromatic heterocycles. The predicted octanol–water partition coefficient (Wildman–Crippen LogP) is 3.47. The summed E-state index contributed by atoms with van der Waals surface area (Å²) >= 11 is 3.33. The average Bonchev–Trinajstić information content (AvgIpc) is 2.75. The summed E-state index contributed by atoms with van der Waals surface area (Å²) in [5, 5.41) is 14.2. The molecule has 4 rings (SSSR count). The van der Waals surface area contributed by atoms with Crippen LogP contribution in [0.5, 0.6) is 5.75 Å². The number of hydrogen-bond donors (Lipinski definition) is 1. The van der Waals surface area contributed by atoms with E-state index in [4.69, 9.17) is 9.47 Å². The largest absolute Gasteiger partial charge is 0.467 e. The molecule has 2 aliphatic rings. The number of rotatable bonds is 5. The van der Waals surface area contributed by atoms with Gasteiger partial charge in [0.25, 0.3) is 5.69 Å². The summed E-state index contributed by atoms with van der Waals surface area (Å²) in [5.74, 6) is 0.919. The van der Waals surface area contributed by atoms with Crippen molar-refractivity contribution in [2.75, 3.05) is 25.2 Å². The molecule has 2 aromatic rings. The maximum atomic E-state index is 12.7. The van der Waals surface area contributed by atoms with Crippen molar-refractivity contribution in [2.24, 2.45) is 5.92 Å². The molecule has 1 atom stereocenters. The second-order valence-corrected chi connectivity index (χ2v) is 8.30. The quantitative estimate of drug-likeness (QED) is 0.519. The number of likely N-dealkylation sites (tertiary alicyclic amines) is 1. The molecule has 1 fully saturated rings. The predicted molar refractivity (Wildman–Crippen MR) is 112 cm³/mol. The van der Waals surface area contributed by atoms with Gasteiger partial charge in [-0.1, -0.05) is 0 Å². The summed E-state index contributed by atoms with van der Waals surface area (Å²) in [4.78, 5) is 29.9. The van der Waals surface area contributed by atoms with Crippen molar-refractivity contribution in [3.05, 3.63) is 56.2 Å².